The Morgan fingerprint density at radius 1 is 1.10 bits per heavy atom. The maximum atomic E-state index is 16.4. The summed E-state index contributed by atoms with van der Waals surface area (Å²) in [6, 6.07) is 13.6. The molecule has 1 unspecified atom stereocenters. The number of nitrogens with zero attached hydrogens (tertiary/aromatic N) is 1. The molecule has 3 aromatic carbocycles. The van der Waals surface area contributed by atoms with E-state index in [2.05, 4.69) is 0 Å². The smallest absolute Gasteiger partial charge is 0.308 e. The molecule has 3 aromatic rings. The van der Waals surface area contributed by atoms with Crippen LogP contribution in [0.1, 0.15) is 71.8 Å². The van der Waals surface area contributed by atoms with E-state index in [4.69, 9.17) is 27.9 Å². The van der Waals surface area contributed by atoms with Crippen molar-refractivity contribution in [2.24, 2.45) is 11.8 Å². The molecule has 2 aliphatic rings. The Hall–Kier alpha value is -3.01. The minimum absolute atomic E-state index is 0.123. The number of fused-ring (bicyclic) bond motifs is 1. The number of carbonyl (C=O) groups excluding carboxylic acids is 1. The fourth-order valence-corrected chi connectivity index (χ4v) is 6.68. The fourth-order valence-electron chi connectivity index (χ4n) is 6.43. The van der Waals surface area contributed by atoms with E-state index < -0.39 is 41.0 Å². The van der Waals surface area contributed by atoms with Crippen LogP contribution in [0.5, 0.6) is 0 Å². The lowest BCUT2D eigenvalue weighted by atomic mass is 9.74. The third kappa shape index (κ3) is 4.99. The molecule has 42 heavy (non-hydrogen) atoms. The molecule has 2 heterocycles. The van der Waals surface area contributed by atoms with Gasteiger partial charge in [0.2, 0.25) is 0 Å². The van der Waals surface area contributed by atoms with E-state index in [0.717, 1.165) is 4.90 Å². The van der Waals surface area contributed by atoms with E-state index in [1.807, 2.05) is 0 Å². The summed E-state index contributed by atoms with van der Waals surface area (Å²) in [6.45, 7) is 4.13. The molecule has 0 saturated carbocycles. The molecule has 222 valence electrons. The van der Waals surface area contributed by atoms with E-state index in [1.165, 1.54) is 43.3 Å². The molecule has 5 rings (SSSR count). The number of aliphatic hydroxyl groups is 2. The predicted molar refractivity (Wildman–Crippen MR) is 156 cm³/mol. The fraction of sp³-hybridized carbons (Fsp3) is 0.375. The summed E-state index contributed by atoms with van der Waals surface area (Å²) in [6.07, 6.45) is 1.39. The summed E-state index contributed by atoms with van der Waals surface area (Å²) in [5.41, 5.74) is -3.60. The molecule has 0 radical (unpaired) electrons. The molecule has 0 aliphatic carbocycles. The molecule has 0 spiro atoms. The van der Waals surface area contributed by atoms with Gasteiger partial charge >= 0.3 is 5.97 Å². The van der Waals surface area contributed by atoms with Crippen molar-refractivity contribution in [1.82, 2.24) is 4.90 Å². The van der Waals surface area contributed by atoms with Crippen molar-refractivity contribution in [2.75, 3.05) is 13.2 Å². The van der Waals surface area contributed by atoms with Crippen LogP contribution in [-0.4, -0.2) is 45.3 Å². The van der Waals surface area contributed by atoms with Gasteiger partial charge in [-0.15, -0.1) is 0 Å². The number of amides is 1. The van der Waals surface area contributed by atoms with Gasteiger partial charge in [0.15, 0.2) is 5.72 Å². The summed E-state index contributed by atoms with van der Waals surface area (Å²) >= 11 is 12.2. The summed E-state index contributed by atoms with van der Waals surface area (Å²) < 4.78 is 21.9. The molecule has 0 bridgehead atoms. The Kier molecular flexibility index (Phi) is 8.40. The normalized spacial score (nSPS) is 22.0. The second-order valence-electron chi connectivity index (χ2n) is 11.0. The second-order valence-corrected chi connectivity index (χ2v) is 11.9. The van der Waals surface area contributed by atoms with Crippen LogP contribution < -0.4 is 0 Å². The molecule has 10 heteroatoms. The summed E-state index contributed by atoms with van der Waals surface area (Å²) in [4.78, 5) is 27.8. The van der Waals surface area contributed by atoms with Crippen molar-refractivity contribution >= 4 is 35.1 Å². The van der Waals surface area contributed by atoms with Gasteiger partial charge in [0.25, 0.3) is 5.91 Å². The summed E-state index contributed by atoms with van der Waals surface area (Å²) in [7, 11) is 0. The maximum Gasteiger partial charge on any atom is 0.308 e. The molecule has 1 fully saturated rings. The quantitative estimate of drug-likeness (QED) is 0.276. The number of benzene rings is 3. The van der Waals surface area contributed by atoms with E-state index >= 15 is 4.39 Å². The van der Waals surface area contributed by atoms with Gasteiger partial charge in [-0.2, -0.15) is 0 Å². The molecule has 7 nitrogen and oxygen atoms in total. The first kappa shape index (κ1) is 30.4. The largest absolute Gasteiger partial charge is 0.481 e. The number of ether oxygens (including phenoxy) is 1. The van der Waals surface area contributed by atoms with Crippen LogP contribution >= 0.6 is 23.2 Å². The number of halogens is 3. The Morgan fingerprint density at radius 2 is 1.67 bits per heavy atom. The number of rotatable bonds is 8. The van der Waals surface area contributed by atoms with Crippen LogP contribution in [0.4, 0.5) is 4.39 Å². The van der Waals surface area contributed by atoms with Crippen molar-refractivity contribution in [3.05, 3.63) is 104 Å². The average molecular weight is 617 g/mol. The highest BCUT2D eigenvalue weighted by Crippen LogP contribution is 2.51. The first-order chi connectivity index (χ1) is 19.9. The third-order valence-electron chi connectivity index (χ3n) is 8.77. The van der Waals surface area contributed by atoms with Crippen molar-refractivity contribution in [3.63, 3.8) is 0 Å². The second kappa shape index (κ2) is 11.6. The van der Waals surface area contributed by atoms with Gasteiger partial charge in [0, 0.05) is 28.8 Å². The summed E-state index contributed by atoms with van der Waals surface area (Å²) in [5.74, 6) is -4.35. The van der Waals surface area contributed by atoms with Crippen molar-refractivity contribution in [2.45, 2.75) is 50.5 Å². The standard InChI is InChI=1S/C32H32Cl2FNO6/c1-3-31(40,20-12-14-42-15-13-20)22-16-25-27(26(35)17-22)32(41,21-6-10-24(34)11-7-21)36(29(25)37)28(18(2)30(38)39)19-4-8-23(33)9-5-19/h4-11,16-18,20,28,40-41H,3,12-15H2,1-2H3,(H,38,39)/t18-,28-,31?,32+/m0/s1. The molecule has 1 amide bonds. The highest BCUT2D eigenvalue weighted by molar-refractivity contribution is 6.30. The lowest BCUT2D eigenvalue weighted by molar-refractivity contribution is -0.147. The number of carboxylic acid groups (broad SMARTS) is 1. The van der Waals surface area contributed by atoms with Crippen LogP contribution in [0.25, 0.3) is 0 Å². The van der Waals surface area contributed by atoms with Crippen LogP contribution in [0, 0.1) is 17.7 Å². The van der Waals surface area contributed by atoms with Crippen LogP contribution in [-0.2, 0) is 20.9 Å². The Morgan fingerprint density at radius 3 is 2.21 bits per heavy atom. The van der Waals surface area contributed by atoms with Crippen molar-refractivity contribution in [1.29, 1.82) is 0 Å². The van der Waals surface area contributed by atoms with Gasteiger partial charge in [-0.05, 0) is 79.6 Å². The number of aliphatic carboxylic acids is 1. The van der Waals surface area contributed by atoms with Crippen LogP contribution in [0.3, 0.4) is 0 Å². The van der Waals surface area contributed by atoms with Gasteiger partial charge in [0.05, 0.1) is 28.7 Å². The number of carboxylic acids is 1. The van der Waals surface area contributed by atoms with Crippen molar-refractivity contribution < 1.29 is 34.0 Å². The lowest BCUT2D eigenvalue weighted by Crippen LogP contribution is -2.49. The zero-order valence-electron chi connectivity index (χ0n) is 23.2. The topological polar surface area (TPSA) is 107 Å². The first-order valence-corrected chi connectivity index (χ1v) is 14.6. The van der Waals surface area contributed by atoms with Crippen molar-refractivity contribution in [3.8, 4) is 0 Å². The van der Waals surface area contributed by atoms with E-state index in [1.54, 1.807) is 31.2 Å². The van der Waals surface area contributed by atoms with Gasteiger partial charge in [-0.1, -0.05) is 54.4 Å². The molecule has 0 aromatic heterocycles. The lowest BCUT2D eigenvalue weighted by Gasteiger charge is -2.42. The highest BCUT2D eigenvalue weighted by Gasteiger charge is 2.57. The third-order valence-corrected chi connectivity index (χ3v) is 9.28. The van der Waals surface area contributed by atoms with Gasteiger partial charge in [-0.3, -0.25) is 14.5 Å². The molecular formula is C32H32Cl2FNO6. The zero-order valence-corrected chi connectivity index (χ0v) is 24.7. The molecule has 2 aliphatic heterocycles. The summed E-state index contributed by atoms with van der Waals surface area (Å²) in [5, 5.41) is 35.3. The molecule has 4 atom stereocenters. The predicted octanol–water partition coefficient (Wildman–Crippen LogP) is 6.27. The molecule has 3 N–H and O–H groups in total. The maximum absolute atomic E-state index is 16.4. The van der Waals surface area contributed by atoms with Crippen LogP contribution in [0.15, 0.2) is 60.7 Å². The van der Waals surface area contributed by atoms with Crippen LogP contribution in [0.2, 0.25) is 10.0 Å². The van der Waals surface area contributed by atoms with E-state index in [9.17, 15) is 24.9 Å². The van der Waals surface area contributed by atoms with Gasteiger partial charge in [-0.25, -0.2) is 4.39 Å². The molecule has 1 saturated heterocycles. The van der Waals surface area contributed by atoms with E-state index in [0.29, 0.717) is 41.7 Å². The zero-order chi connectivity index (χ0) is 30.4. The Labute approximate surface area is 253 Å². The number of carbonyl (C=O) groups is 2. The minimum atomic E-state index is -2.41. The number of hydrogen-bond donors (Lipinski definition) is 3. The Bertz CT molecular complexity index is 1490. The van der Waals surface area contributed by atoms with E-state index in [-0.39, 0.29) is 34.6 Å². The highest BCUT2D eigenvalue weighted by atomic mass is 35.5. The monoisotopic (exact) mass is 615 g/mol. The SMILES string of the molecule is CCC(O)(c1cc(F)c2c(c1)C(=O)N([C@H](c1ccc(Cl)cc1)[C@H](C)C(=O)O)[C@@]2(O)c1ccc(Cl)cc1)C1CCOCC1. The number of hydrogen-bond acceptors (Lipinski definition) is 5. The average Bonchev–Trinajstić information content (AvgIpc) is 3.21. The van der Waals surface area contributed by atoms with Gasteiger partial charge in [0.1, 0.15) is 5.82 Å². The first-order valence-electron chi connectivity index (χ1n) is 13.9. The minimum Gasteiger partial charge on any atom is -0.481 e. The molecular weight excluding hydrogens is 584 g/mol. The van der Waals surface area contributed by atoms with Gasteiger partial charge < -0.3 is 20.1 Å². The Balaban J connectivity index is 1.76.